The lowest BCUT2D eigenvalue weighted by molar-refractivity contribution is -0.408. The molecular weight excluding hydrogens is 604 g/mol. The maximum absolute atomic E-state index is 13.0. The minimum atomic E-state index is -7.83. The van der Waals surface area contributed by atoms with Gasteiger partial charge in [-0.3, -0.25) is 0 Å². The molecule has 0 bridgehead atoms. The summed E-state index contributed by atoms with van der Waals surface area (Å²) in [4.78, 5) is 0. The second-order valence-corrected chi connectivity index (χ2v) is 6.71. The first kappa shape index (κ1) is 23.5. The third kappa shape index (κ3) is 3.18. The predicted octanol–water partition coefficient (Wildman–Crippen LogP) is 6.22. The predicted molar refractivity (Wildman–Crippen MR) is 62.7 cm³/mol. The fourth-order valence-corrected chi connectivity index (χ4v) is 1.62. The van der Waals surface area contributed by atoms with Crippen LogP contribution in [0.2, 0.25) is 0 Å². The average Bonchev–Trinajstić information content (AvgIpc) is 2.24. The highest BCUT2D eigenvalue weighted by molar-refractivity contribution is 14.1. The van der Waals surface area contributed by atoms with Crippen LogP contribution in [0.15, 0.2) is 0 Å². The average molecular weight is 604 g/mol. The van der Waals surface area contributed by atoms with Crippen molar-refractivity contribution in [3.63, 3.8) is 0 Å². The standard InChI is InChI=1S/C7F14I2/c8-1(9,2(10,11)4(14,15)7(20,21)23)3(12,13)5(16,22)6(17,18)19. The molecule has 23 heavy (non-hydrogen) atoms. The Morgan fingerprint density at radius 2 is 0.652 bits per heavy atom. The van der Waals surface area contributed by atoms with Gasteiger partial charge in [0.05, 0.1) is 0 Å². The molecule has 0 rings (SSSR count). The maximum Gasteiger partial charge on any atom is 0.438 e. The molecule has 0 saturated carbocycles. The van der Waals surface area contributed by atoms with Gasteiger partial charge in [0.15, 0.2) is 0 Å². The Labute approximate surface area is 144 Å². The van der Waals surface area contributed by atoms with Crippen LogP contribution in [0.25, 0.3) is 0 Å². The lowest BCUT2D eigenvalue weighted by Gasteiger charge is -2.41. The Kier molecular flexibility index (Phi) is 5.87. The van der Waals surface area contributed by atoms with Gasteiger partial charge in [-0.05, 0) is 22.6 Å². The lowest BCUT2D eigenvalue weighted by atomic mass is 9.95. The van der Waals surface area contributed by atoms with E-state index in [-0.39, 0.29) is 0 Å². The number of alkyl halides is 16. The Balaban J connectivity index is 6.37. The minimum Gasteiger partial charge on any atom is -0.215 e. The van der Waals surface area contributed by atoms with Gasteiger partial charge in [0.1, 0.15) is 0 Å². The van der Waals surface area contributed by atoms with Crippen LogP contribution >= 0.6 is 45.2 Å². The summed E-state index contributed by atoms with van der Waals surface area (Å²) in [5.41, 5.74) is 0. The summed E-state index contributed by atoms with van der Waals surface area (Å²) >= 11 is -1.86. The van der Waals surface area contributed by atoms with Crippen LogP contribution < -0.4 is 0 Å². The van der Waals surface area contributed by atoms with E-state index in [4.69, 9.17) is 0 Å². The Morgan fingerprint density at radius 3 is 0.870 bits per heavy atom. The van der Waals surface area contributed by atoms with Gasteiger partial charge in [-0.25, -0.2) is 4.39 Å². The summed E-state index contributed by atoms with van der Waals surface area (Å²) in [6.45, 7) is 0. The Morgan fingerprint density at radius 1 is 0.391 bits per heavy atom. The monoisotopic (exact) mass is 604 g/mol. The van der Waals surface area contributed by atoms with Gasteiger partial charge >= 0.3 is 37.5 Å². The SMILES string of the molecule is FC(F)(F)C(F)(I)C(F)(F)C(F)(F)C(F)(F)C(F)(F)C(F)(F)I. The molecule has 0 aliphatic heterocycles. The molecule has 0 N–H and O–H groups in total. The van der Waals surface area contributed by atoms with Crippen molar-refractivity contribution >= 4 is 45.2 Å². The third-order valence-electron chi connectivity index (χ3n) is 2.29. The van der Waals surface area contributed by atoms with E-state index in [0.29, 0.717) is 0 Å². The first-order valence-corrected chi connectivity index (χ1v) is 6.68. The fourth-order valence-electron chi connectivity index (χ4n) is 0.948. The summed E-state index contributed by atoms with van der Waals surface area (Å²) in [5.74, 6) is -30.3. The van der Waals surface area contributed by atoms with Crippen molar-refractivity contribution in [2.24, 2.45) is 0 Å². The van der Waals surface area contributed by atoms with E-state index in [1.54, 1.807) is 0 Å². The van der Waals surface area contributed by atoms with Crippen molar-refractivity contribution in [3.05, 3.63) is 0 Å². The minimum absolute atomic E-state index is 0.810. The van der Waals surface area contributed by atoms with Gasteiger partial charge in [-0.2, -0.15) is 57.1 Å². The molecule has 0 radical (unpaired) electrons. The van der Waals surface area contributed by atoms with E-state index < -0.39 is 82.7 Å². The van der Waals surface area contributed by atoms with E-state index in [1.165, 1.54) is 0 Å². The van der Waals surface area contributed by atoms with Crippen molar-refractivity contribution in [2.45, 2.75) is 37.5 Å². The van der Waals surface area contributed by atoms with Gasteiger partial charge in [-0.15, -0.1) is 0 Å². The number of hydrogen-bond acceptors (Lipinski definition) is 0. The molecule has 0 saturated heterocycles. The summed E-state index contributed by atoms with van der Waals surface area (Å²) in [6, 6.07) is 0. The number of hydrogen-bond donors (Lipinski definition) is 0. The zero-order valence-electron chi connectivity index (χ0n) is 9.55. The van der Waals surface area contributed by atoms with E-state index >= 15 is 0 Å². The van der Waals surface area contributed by atoms with Gasteiger partial charge in [0.2, 0.25) is 0 Å². The normalized spacial score (nSPS) is 18.8. The van der Waals surface area contributed by atoms with Gasteiger partial charge in [0, 0.05) is 22.6 Å². The second-order valence-electron chi connectivity index (χ2n) is 3.87. The Bertz CT molecular complexity index is 403. The zero-order valence-corrected chi connectivity index (χ0v) is 13.9. The molecular formula is C7F14I2. The summed E-state index contributed by atoms with van der Waals surface area (Å²) < 4.78 is 164. The molecule has 1 atom stereocenters. The first-order valence-electron chi connectivity index (χ1n) is 4.52. The summed E-state index contributed by atoms with van der Waals surface area (Å²) in [5, 5.41) is 0. The molecule has 0 spiro atoms. The summed E-state index contributed by atoms with van der Waals surface area (Å²) in [7, 11) is 0. The summed E-state index contributed by atoms with van der Waals surface area (Å²) in [6.07, 6.45) is -6.92. The van der Waals surface area contributed by atoms with Crippen molar-refractivity contribution in [1.29, 1.82) is 0 Å². The van der Waals surface area contributed by atoms with Gasteiger partial charge in [0.25, 0.3) is 0 Å². The third-order valence-corrected chi connectivity index (χ3v) is 4.26. The maximum atomic E-state index is 13.0. The second kappa shape index (κ2) is 5.75. The fraction of sp³-hybridized carbons (Fsp3) is 1.00. The molecule has 16 heteroatoms. The van der Waals surface area contributed by atoms with E-state index in [9.17, 15) is 61.5 Å². The molecule has 0 amide bonds. The van der Waals surface area contributed by atoms with E-state index in [1.807, 2.05) is 0 Å². The van der Waals surface area contributed by atoms with Gasteiger partial charge < -0.3 is 0 Å². The molecule has 1 unspecified atom stereocenters. The molecule has 0 nitrogen and oxygen atoms in total. The Hall–Kier alpha value is 0.480. The molecule has 0 aliphatic rings. The van der Waals surface area contributed by atoms with Crippen molar-refractivity contribution < 1.29 is 61.5 Å². The van der Waals surface area contributed by atoms with E-state index in [0.717, 1.165) is 0 Å². The molecule has 0 fully saturated rings. The molecule has 0 aromatic heterocycles. The molecule has 0 aromatic carbocycles. The highest BCUT2D eigenvalue weighted by Crippen LogP contribution is 2.64. The lowest BCUT2D eigenvalue weighted by Crippen LogP contribution is -2.71. The molecule has 140 valence electrons. The van der Waals surface area contributed by atoms with Crippen LogP contribution in [0.3, 0.4) is 0 Å². The topological polar surface area (TPSA) is 0 Å². The molecule has 0 aromatic rings. The highest BCUT2D eigenvalue weighted by atomic mass is 127. The van der Waals surface area contributed by atoms with Crippen molar-refractivity contribution in [2.75, 3.05) is 0 Å². The molecule has 0 heterocycles. The van der Waals surface area contributed by atoms with Crippen LogP contribution in [0.5, 0.6) is 0 Å². The van der Waals surface area contributed by atoms with Crippen LogP contribution in [-0.4, -0.2) is 37.5 Å². The highest BCUT2D eigenvalue weighted by Gasteiger charge is 2.91. The van der Waals surface area contributed by atoms with Crippen molar-refractivity contribution in [1.82, 2.24) is 0 Å². The van der Waals surface area contributed by atoms with Crippen LogP contribution in [0.4, 0.5) is 61.5 Å². The first-order chi connectivity index (χ1) is 9.50. The quantitative estimate of drug-likeness (QED) is 0.199. The number of rotatable bonds is 5. The molecule has 0 aliphatic carbocycles. The van der Waals surface area contributed by atoms with Gasteiger partial charge in [-0.1, -0.05) is 0 Å². The zero-order chi connectivity index (χ0) is 19.5. The largest absolute Gasteiger partial charge is 0.438 e. The smallest absolute Gasteiger partial charge is 0.215 e. The van der Waals surface area contributed by atoms with Crippen LogP contribution in [0, 0.1) is 0 Å². The van der Waals surface area contributed by atoms with Crippen LogP contribution in [-0.2, 0) is 0 Å². The van der Waals surface area contributed by atoms with E-state index in [2.05, 4.69) is 0 Å². The van der Waals surface area contributed by atoms with Crippen LogP contribution in [0.1, 0.15) is 0 Å². The van der Waals surface area contributed by atoms with Crippen molar-refractivity contribution in [3.8, 4) is 0 Å². The number of halogens is 16.